The van der Waals surface area contributed by atoms with E-state index in [1.807, 2.05) is 0 Å². The van der Waals surface area contributed by atoms with Crippen molar-refractivity contribution in [1.29, 1.82) is 0 Å². The van der Waals surface area contributed by atoms with Gasteiger partial charge in [-0.3, -0.25) is 4.55 Å². The average Bonchev–Trinajstić information content (AvgIpc) is 2.14. The minimum atomic E-state index is -3.93. The van der Waals surface area contributed by atoms with E-state index in [1.54, 1.807) is 0 Å². The van der Waals surface area contributed by atoms with Crippen LogP contribution in [0.4, 0.5) is 0 Å². The van der Waals surface area contributed by atoms with Crippen LogP contribution in [-0.2, 0) is 24.4 Å². The van der Waals surface area contributed by atoms with Gasteiger partial charge >= 0.3 is 5.97 Å². The topological polar surface area (TPSA) is 89.9 Å². The van der Waals surface area contributed by atoms with E-state index in [0.717, 1.165) is 0 Å². The molecule has 0 radical (unpaired) electrons. The van der Waals surface area contributed by atoms with Crippen molar-refractivity contribution >= 4 is 16.1 Å². The van der Waals surface area contributed by atoms with E-state index in [1.165, 1.54) is 7.11 Å². The van der Waals surface area contributed by atoms with Crippen molar-refractivity contribution in [2.45, 2.75) is 12.8 Å². The lowest BCUT2D eigenvalue weighted by atomic mass is 10.4. The van der Waals surface area contributed by atoms with Crippen LogP contribution >= 0.6 is 0 Å². The minimum absolute atomic E-state index is 0.0662. The second-order valence-electron chi connectivity index (χ2n) is 2.76. The lowest BCUT2D eigenvalue weighted by Crippen LogP contribution is -2.10. The molecule has 0 heterocycles. The molecule has 0 aliphatic heterocycles. The summed E-state index contributed by atoms with van der Waals surface area (Å²) in [6, 6.07) is 0. The van der Waals surface area contributed by atoms with Crippen molar-refractivity contribution < 1.29 is 27.2 Å². The van der Waals surface area contributed by atoms with Crippen LogP contribution in [0.25, 0.3) is 0 Å². The van der Waals surface area contributed by atoms with Gasteiger partial charge in [0.1, 0.15) is 0 Å². The van der Waals surface area contributed by atoms with Crippen LogP contribution in [0.1, 0.15) is 12.8 Å². The van der Waals surface area contributed by atoms with E-state index >= 15 is 0 Å². The van der Waals surface area contributed by atoms with E-state index in [2.05, 4.69) is 16.1 Å². The van der Waals surface area contributed by atoms with Crippen LogP contribution in [-0.4, -0.2) is 38.4 Å². The van der Waals surface area contributed by atoms with Crippen molar-refractivity contribution in [3.8, 4) is 0 Å². The van der Waals surface area contributed by atoms with E-state index < -0.39 is 16.1 Å². The summed E-state index contributed by atoms with van der Waals surface area (Å²) in [7, 11) is -2.63. The van der Waals surface area contributed by atoms with Gasteiger partial charge in [0.2, 0.25) is 0 Å². The third-order valence-electron chi connectivity index (χ3n) is 1.50. The molecule has 0 spiro atoms. The fourth-order valence-corrected chi connectivity index (χ4v) is 1.28. The molecule has 0 unspecified atom stereocenters. The predicted molar refractivity (Wildman–Crippen MR) is 52.8 cm³/mol. The molecule has 6 nitrogen and oxygen atoms in total. The van der Waals surface area contributed by atoms with Crippen molar-refractivity contribution in [2.75, 3.05) is 19.5 Å². The zero-order chi connectivity index (χ0) is 11.9. The molecule has 0 aromatic carbocycles. The maximum atomic E-state index is 10.9. The molecule has 0 amide bonds. The third-order valence-corrected chi connectivity index (χ3v) is 2.31. The summed E-state index contributed by atoms with van der Waals surface area (Å²) in [5.41, 5.74) is 0. The van der Waals surface area contributed by atoms with Gasteiger partial charge < -0.3 is 9.47 Å². The number of rotatable bonds is 7. The quantitative estimate of drug-likeness (QED) is 0.226. The fraction of sp³-hybridized carbons (Fsp3) is 0.625. The number of methoxy groups -OCH3 is 1. The average molecular weight is 238 g/mol. The number of ether oxygens (including phenoxy) is 2. The van der Waals surface area contributed by atoms with Crippen LogP contribution in [0, 0.1) is 0 Å². The highest BCUT2D eigenvalue weighted by Gasteiger charge is 2.08. The Kier molecular flexibility index (Phi) is 5.95. The Morgan fingerprint density at radius 3 is 2.47 bits per heavy atom. The van der Waals surface area contributed by atoms with Crippen LogP contribution in [0.3, 0.4) is 0 Å². The number of unbranched alkanes of at least 4 members (excludes halogenated alkanes) is 1. The number of carbonyl (C=O) groups excluding carboxylic acids is 1. The molecule has 0 aliphatic rings. The number of esters is 1. The molecular weight excluding hydrogens is 224 g/mol. The zero-order valence-corrected chi connectivity index (χ0v) is 9.25. The molecule has 88 valence electrons. The second kappa shape index (κ2) is 6.41. The van der Waals surface area contributed by atoms with Gasteiger partial charge in [-0.25, -0.2) is 4.79 Å². The maximum absolute atomic E-state index is 10.9. The molecule has 0 aliphatic carbocycles. The van der Waals surface area contributed by atoms with E-state index in [-0.39, 0.29) is 24.5 Å². The Morgan fingerprint density at radius 2 is 2.00 bits per heavy atom. The Morgan fingerprint density at radius 1 is 1.40 bits per heavy atom. The largest absolute Gasteiger partial charge is 0.490 e. The molecule has 0 fully saturated rings. The first-order valence-electron chi connectivity index (χ1n) is 4.22. The van der Waals surface area contributed by atoms with Crippen molar-refractivity contribution in [3.05, 3.63) is 12.3 Å². The molecule has 0 saturated heterocycles. The van der Waals surface area contributed by atoms with Gasteiger partial charge in [0, 0.05) is 0 Å². The van der Waals surface area contributed by atoms with Gasteiger partial charge in [-0.05, 0) is 19.4 Å². The normalized spacial score (nSPS) is 10.8. The van der Waals surface area contributed by atoms with Gasteiger partial charge in [-0.15, -0.1) is 0 Å². The maximum Gasteiger partial charge on any atom is 0.372 e. The number of carbonyl (C=O) groups is 1. The van der Waals surface area contributed by atoms with E-state index in [9.17, 15) is 13.2 Å². The molecule has 15 heavy (non-hydrogen) atoms. The molecular formula is C8H14O6S. The molecule has 7 heteroatoms. The second-order valence-corrected chi connectivity index (χ2v) is 4.33. The van der Waals surface area contributed by atoms with E-state index in [0.29, 0.717) is 6.42 Å². The zero-order valence-electron chi connectivity index (χ0n) is 8.43. The lowest BCUT2D eigenvalue weighted by molar-refractivity contribution is -0.142. The highest BCUT2D eigenvalue weighted by Crippen LogP contribution is 1.98. The highest BCUT2D eigenvalue weighted by atomic mass is 32.2. The highest BCUT2D eigenvalue weighted by molar-refractivity contribution is 7.85. The van der Waals surface area contributed by atoms with E-state index in [4.69, 9.17) is 4.55 Å². The van der Waals surface area contributed by atoms with Gasteiger partial charge in [-0.1, -0.05) is 0 Å². The monoisotopic (exact) mass is 238 g/mol. The smallest absolute Gasteiger partial charge is 0.372 e. The van der Waals surface area contributed by atoms with Crippen molar-refractivity contribution in [3.63, 3.8) is 0 Å². The minimum Gasteiger partial charge on any atom is -0.490 e. The molecule has 0 rings (SSSR count). The van der Waals surface area contributed by atoms with Gasteiger partial charge in [-0.2, -0.15) is 8.42 Å². The van der Waals surface area contributed by atoms with Gasteiger partial charge in [0.25, 0.3) is 10.1 Å². The summed E-state index contributed by atoms with van der Waals surface area (Å²) in [5.74, 6) is -1.12. The molecule has 0 aromatic rings. The SMILES string of the molecule is C=C(OC)C(=O)OCCCCS(=O)(=O)O. The lowest BCUT2D eigenvalue weighted by Gasteiger charge is -2.05. The van der Waals surface area contributed by atoms with Gasteiger partial charge in [0.15, 0.2) is 5.76 Å². The van der Waals surface area contributed by atoms with Crippen LogP contribution in [0.5, 0.6) is 0 Å². The summed E-state index contributed by atoms with van der Waals surface area (Å²) in [6.45, 7) is 3.34. The Balaban J connectivity index is 3.56. The summed E-state index contributed by atoms with van der Waals surface area (Å²) in [5, 5.41) is 0. The van der Waals surface area contributed by atoms with Crippen LogP contribution in [0.15, 0.2) is 12.3 Å². The molecule has 0 saturated carbocycles. The summed E-state index contributed by atoms with van der Waals surface area (Å²) < 4.78 is 38.2. The molecule has 0 aromatic heterocycles. The Hall–Kier alpha value is -1.08. The van der Waals surface area contributed by atoms with Crippen LogP contribution < -0.4 is 0 Å². The first-order chi connectivity index (χ1) is 6.87. The standard InChI is InChI=1S/C8H14O6S/c1-7(13-2)8(9)14-5-3-4-6-15(10,11)12/h1,3-6H2,2H3,(H,10,11,12). The summed E-state index contributed by atoms with van der Waals surface area (Å²) in [4.78, 5) is 10.9. The predicted octanol–water partition coefficient (Wildman–Crippen LogP) is 0.358. The Labute approximate surface area is 88.6 Å². The number of hydrogen-bond donors (Lipinski definition) is 1. The molecule has 1 N–H and O–H groups in total. The van der Waals surface area contributed by atoms with Crippen LogP contribution in [0.2, 0.25) is 0 Å². The first-order valence-corrected chi connectivity index (χ1v) is 5.83. The van der Waals surface area contributed by atoms with Crippen molar-refractivity contribution in [1.82, 2.24) is 0 Å². The summed E-state index contributed by atoms with van der Waals surface area (Å²) in [6.07, 6.45) is 0.577. The Bertz CT molecular complexity index is 318. The number of hydrogen-bond acceptors (Lipinski definition) is 5. The summed E-state index contributed by atoms with van der Waals surface area (Å²) >= 11 is 0. The molecule has 0 bridgehead atoms. The fourth-order valence-electron chi connectivity index (χ4n) is 0.715. The van der Waals surface area contributed by atoms with Gasteiger partial charge in [0.05, 0.1) is 19.5 Å². The molecule has 0 atom stereocenters. The first kappa shape index (κ1) is 13.9. The third kappa shape index (κ3) is 7.95. The van der Waals surface area contributed by atoms with Crippen molar-refractivity contribution in [2.24, 2.45) is 0 Å².